The predicted molar refractivity (Wildman–Crippen MR) is 104 cm³/mol. The van der Waals surface area contributed by atoms with Gasteiger partial charge in [0.05, 0.1) is 18.1 Å². The number of nitro benzene ring substituents is 1. The molecular weight excluding hydrogens is 360 g/mol. The first-order valence-corrected chi connectivity index (χ1v) is 8.54. The molecule has 1 amide bonds. The summed E-state index contributed by atoms with van der Waals surface area (Å²) in [5, 5.41) is 20.1. The molecule has 0 unspecified atom stereocenters. The number of ether oxygens (including phenoxy) is 1. The third-order valence-electron chi connectivity index (χ3n) is 4.06. The van der Waals surface area contributed by atoms with Gasteiger partial charge in [0.25, 0.3) is 5.69 Å². The van der Waals surface area contributed by atoms with Crippen LogP contribution in [0.3, 0.4) is 0 Å². The number of aliphatic hydroxyl groups excluding tert-OH is 1. The van der Waals surface area contributed by atoms with E-state index in [4.69, 9.17) is 4.74 Å². The van der Waals surface area contributed by atoms with Gasteiger partial charge >= 0.3 is 6.09 Å². The number of anilines is 1. The van der Waals surface area contributed by atoms with E-state index in [-0.39, 0.29) is 24.6 Å². The summed E-state index contributed by atoms with van der Waals surface area (Å²) in [6.07, 6.45) is -0.632. The van der Waals surface area contributed by atoms with Crippen molar-refractivity contribution in [3.05, 3.63) is 100 Å². The van der Waals surface area contributed by atoms with Crippen molar-refractivity contribution in [2.75, 3.05) is 4.90 Å². The van der Waals surface area contributed by atoms with Crippen molar-refractivity contribution in [3.8, 4) is 5.75 Å². The molecule has 0 bridgehead atoms. The molecule has 0 atom stereocenters. The summed E-state index contributed by atoms with van der Waals surface area (Å²) in [7, 11) is 0. The van der Waals surface area contributed by atoms with E-state index >= 15 is 0 Å². The smallest absolute Gasteiger partial charge is 0.410 e. The normalized spacial score (nSPS) is 10.3. The van der Waals surface area contributed by atoms with E-state index in [0.717, 1.165) is 5.56 Å². The van der Waals surface area contributed by atoms with E-state index in [1.165, 1.54) is 29.2 Å². The number of hydrogen-bond donors (Lipinski definition) is 1. The maximum absolute atomic E-state index is 12.8. The number of carbonyl (C=O) groups excluding carboxylic acids is 1. The Bertz CT molecular complexity index is 958. The van der Waals surface area contributed by atoms with Gasteiger partial charge in [0.15, 0.2) is 0 Å². The Balaban J connectivity index is 1.86. The van der Waals surface area contributed by atoms with Crippen LogP contribution < -0.4 is 9.64 Å². The fraction of sp³-hybridized carbons (Fsp3) is 0.0952. The monoisotopic (exact) mass is 378 g/mol. The van der Waals surface area contributed by atoms with Gasteiger partial charge in [-0.1, -0.05) is 42.5 Å². The van der Waals surface area contributed by atoms with Crippen LogP contribution >= 0.6 is 0 Å². The molecule has 0 saturated heterocycles. The van der Waals surface area contributed by atoms with Gasteiger partial charge in [-0.25, -0.2) is 4.79 Å². The zero-order valence-corrected chi connectivity index (χ0v) is 14.9. The number of nitrogens with zero attached hydrogens (tertiary/aromatic N) is 2. The van der Waals surface area contributed by atoms with Crippen LogP contribution in [-0.2, 0) is 13.2 Å². The molecule has 7 nitrogen and oxygen atoms in total. The molecule has 3 aromatic carbocycles. The maximum atomic E-state index is 12.8. The molecule has 0 spiro atoms. The summed E-state index contributed by atoms with van der Waals surface area (Å²) >= 11 is 0. The molecule has 0 aliphatic carbocycles. The number of non-ortho nitro benzene ring substituents is 1. The lowest BCUT2D eigenvalue weighted by atomic mass is 10.1. The van der Waals surface area contributed by atoms with Gasteiger partial charge in [-0.2, -0.15) is 0 Å². The number of amides is 1. The van der Waals surface area contributed by atoms with Gasteiger partial charge in [0.2, 0.25) is 0 Å². The van der Waals surface area contributed by atoms with Crippen molar-refractivity contribution in [2.45, 2.75) is 13.2 Å². The van der Waals surface area contributed by atoms with Crippen LogP contribution in [0.15, 0.2) is 78.9 Å². The number of nitro groups is 1. The van der Waals surface area contributed by atoms with Crippen molar-refractivity contribution in [1.29, 1.82) is 0 Å². The molecule has 0 aromatic heterocycles. The van der Waals surface area contributed by atoms with E-state index < -0.39 is 11.0 Å². The van der Waals surface area contributed by atoms with Crippen LogP contribution in [0.1, 0.15) is 11.1 Å². The summed E-state index contributed by atoms with van der Waals surface area (Å²) in [6.45, 7) is 0.117. The number of rotatable bonds is 6. The van der Waals surface area contributed by atoms with E-state index in [0.29, 0.717) is 11.3 Å². The second-order valence-electron chi connectivity index (χ2n) is 6.02. The van der Waals surface area contributed by atoms with Crippen LogP contribution in [0.4, 0.5) is 16.2 Å². The molecule has 142 valence electrons. The van der Waals surface area contributed by atoms with Crippen molar-refractivity contribution in [2.24, 2.45) is 0 Å². The van der Waals surface area contributed by atoms with Gasteiger partial charge in [-0.15, -0.1) is 0 Å². The van der Waals surface area contributed by atoms with Gasteiger partial charge < -0.3 is 9.84 Å². The average molecular weight is 378 g/mol. The van der Waals surface area contributed by atoms with E-state index in [1.54, 1.807) is 24.3 Å². The number of benzene rings is 3. The number of hydrogen-bond acceptors (Lipinski definition) is 5. The second-order valence-corrected chi connectivity index (χ2v) is 6.02. The Hall–Kier alpha value is -3.71. The van der Waals surface area contributed by atoms with E-state index in [9.17, 15) is 20.0 Å². The predicted octanol–water partition coefficient (Wildman–Crippen LogP) is 4.29. The topological polar surface area (TPSA) is 92.9 Å². The first kappa shape index (κ1) is 19.1. The zero-order chi connectivity index (χ0) is 19.9. The summed E-state index contributed by atoms with van der Waals surface area (Å²) in [5.41, 5.74) is 2.05. The molecule has 0 saturated carbocycles. The van der Waals surface area contributed by atoms with Gasteiger partial charge in [0, 0.05) is 17.8 Å². The largest absolute Gasteiger partial charge is 0.420 e. The molecule has 1 N–H and O–H groups in total. The number of carbonyl (C=O) groups is 1. The van der Waals surface area contributed by atoms with Gasteiger partial charge in [0.1, 0.15) is 5.75 Å². The van der Waals surface area contributed by atoms with Crippen LogP contribution in [0.2, 0.25) is 0 Å². The Morgan fingerprint density at radius 2 is 1.64 bits per heavy atom. The standard InChI is InChI=1S/C21H18N2O5/c24-15-17-7-4-8-19(13-17)22(14-16-5-2-1-3-6-16)21(25)28-20-11-9-18(10-12-20)23(26)27/h1-13,24H,14-15H2. The summed E-state index contributed by atoms with van der Waals surface area (Å²) < 4.78 is 5.41. The van der Waals surface area contributed by atoms with Crippen LogP contribution in [0.5, 0.6) is 5.75 Å². The lowest BCUT2D eigenvalue weighted by molar-refractivity contribution is -0.384. The molecule has 28 heavy (non-hydrogen) atoms. The van der Waals surface area contributed by atoms with Gasteiger partial charge in [-0.3, -0.25) is 15.0 Å². The highest BCUT2D eigenvalue weighted by molar-refractivity contribution is 5.89. The number of aliphatic hydroxyl groups is 1. The molecule has 0 aliphatic heterocycles. The summed E-state index contributed by atoms with van der Waals surface area (Å²) in [4.78, 5) is 24.5. The van der Waals surface area contributed by atoms with Crippen LogP contribution in [0, 0.1) is 10.1 Å². The molecule has 3 aromatic rings. The zero-order valence-electron chi connectivity index (χ0n) is 14.9. The fourth-order valence-corrected chi connectivity index (χ4v) is 2.64. The Kier molecular flexibility index (Phi) is 5.98. The molecule has 7 heteroatoms. The molecule has 0 fully saturated rings. The maximum Gasteiger partial charge on any atom is 0.420 e. The molecule has 0 aliphatic rings. The molecule has 0 heterocycles. The van der Waals surface area contributed by atoms with Crippen molar-refractivity contribution >= 4 is 17.5 Å². The van der Waals surface area contributed by atoms with Gasteiger partial charge in [-0.05, 0) is 35.4 Å². The van der Waals surface area contributed by atoms with Crippen molar-refractivity contribution < 1.29 is 19.6 Å². The quantitative estimate of drug-likeness (QED) is 0.510. The fourth-order valence-electron chi connectivity index (χ4n) is 2.64. The molecule has 3 rings (SSSR count). The second kappa shape index (κ2) is 8.79. The Morgan fingerprint density at radius 3 is 2.29 bits per heavy atom. The highest BCUT2D eigenvalue weighted by Gasteiger charge is 2.19. The first-order valence-electron chi connectivity index (χ1n) is 8.54. The van der Waals surface area contributed by atoms with E-state index in [1.807, 2.05) is 30.3 Å². The minimum atomic E-state index is -0.632. The van der Waals surface area contributed by atoms with Crippen molar-refractivity contribution in [1.82, 2.24) is 0 Å². The van der Waals surface area contributed by atoms with Crippen LogP contribution in [-0.4, -0.2) is 16.1 Å². The third kappa shape index (κ3) is 4.72. The SMILES string of the molecule is O=C(Oc1ccc([N+](=O)[O-])cc1)N(Cc1ccccc1)c1cccc(CO)c1. The summed E-state index contributed by atoms with van der Waals surface area (Å²) in [5.74, 6) is 0.201. The minimum absolute atomic E-state index is 0.0865. The van der Waals surface area contributed by atoms with E-state index in [2.05, 4.69) is 0 Å². The summed E-state index contributed by atoms with van der Waals surface area (Å²) in [6, 6.07) is 21.7. The average Bonchev–Trinajstić information content (AvgIpc) is 2.73. The molecule has 0 radical (unpaired) electrons. The third-order valence-corrected chi connectivity index (χ3v) is 4.06. The lowest BCUT2D eigenvalue weighted by Gasteiger charge is -2.23. The molecular formula is C21H18N2O5. The minimum Gasteiger partial charge on any atom is -0.410 e. The highest BCUT2D eigenvalue weighted by atomic mass is 16.6. The lowest BCUT2D eigenvalue weighted by Crippen LogP contribution is -2.33. The highest BCUT2D eigenvalue weighted by Crippen LogP contribution is 2.23. The van der Waals surface area contributed by atoms with Crippen LogP contribution in [0.25, 0.3) is 0 Å². The van der Waals surface area contributed by atoms with Crippen molar-refractivity contribution in [3.63, 3.8) is 0 Å². The first-order chi connectivity index (χ1) is 13.6. The Labute approximate surface area is 161 Å². The Morgan fingerprint density at radius 1 is 0.964 bits per heavy atom.